The molecule has 0 radical (unpaired) electrons. The standard InChI is InChI=1S/C34H18N8.7C2H6/c1-17-9-8-16-24-25(17)33-38-31-23-15-7-6-14-22(23)29-36-27-19-11-3-2-10-18(19)26-35-28-20-12-4-5-13-21(20)30-37-32(24)42(33)34(39(26)27,40(28)30)41(29)31;7*1-2/h2-16H,1H3;7*1-2H3/q+2;;;;;;;. The first-order valence-electron chi connectivity index (χ1n) is 21.2. The lowest BCUT2D eigenvalue weighted by molar-refractivity contribution is -0.790. The maximum absolute atomic E-state index is 5.48. The quantitative estimate of drug-likeness (QED) is 0.139. The van der Waals surface area contributed by atoms with E-state index in [0.29, 0.717) is 0 Å². The molecule has 0 saturated carbocycles. The van der Waals surface area contributed by atoms with E-state index in [4.69, 9.17) is 20.0 Å². The zero-order valence-corrected chi connectivity index (χ0v) is 36.2. The Balaban J connectivity index is 0.000000392. The van der Waals surface area contributed by atoms with E-state index in [2.05, 4.69) is 116 Å². The molecule has 2 aromatic heterocycles. The maximum atomic E-state index is 5.48. The number of nitrogens with zero attached hydrogens (tertiary/aromatic N) is 8. The van der Waals surface area contributed by atoms with Gasteiger partial charge in [0.05, 0.1) is 27.6 Å². The van der Waals surface area contributed by atoms with Crippen LogP contribution in [0.15, 0.2) is 111 Å². The fourth-order valence-electron chi connectivity index (χ4n) is 8.14. The van der Waals surface area contributed by atoms with Gasteiger partial charge in [0.2, 0.25) is 22.6 Å². The molecule has 8 heterocycles. The molecule has 4 aromatic carbocycles. The van der Waals surface area contributed by atoms with Crippen LogP contribution in [0, 0.1) is 6.92 Å². The van der Waals surface area contributed by atoms with Gasteiger partial charge < -0.3 is 0 Å². The summed E-state index contributed by atoms with van der Waals surface area (Å²) in [5.41, 5.74) is 7.32. The molecule has 0 amide bonds. The summed E-state index contributed by atoms with van der Waals surface area (Å²) in [5, 5.41) is 4.40. The molecule has 6 aromatic rings. The van der Waals surface area contributed by atoms with Crippen molar-refractivity contribution in [1.82, 2.24) is 9.13 Å². The molecule has 0 N–H and O–H groups in total. The van der Waals surface area contributed by atoms with Crippen LogP contribution in [0.3, 0.4) is 0 Å². The second-order valence-corrected chi connectivity index (χ2v) is 11.6. The van der Waals surface area contributed by atoms with E-state index in [1.807, 2.05) is 96.9 Å². The number of aromatic nitrogens is 2. The third-order valence-corrected chi connectivity index (χ3v) is 9.71. The van der Waals surface area contributed by atoms with Crippen molar-refractivity contribution in [2.75, 3.05) is 0 Å². The maximum Gasteiger partial charge on any atom is 0.404 e. The van der Waals surface area contributed by atoms with Crippen LogP contribution >= 0.6 is 0 Å². The minimum atomic E-state index is -0.930. The normalized spacial score (nSPS) is 16.2. The predicted molar refractivity (Wildman–Crippen MR) is 238 cm³/mol. The fraction of sp³-hybridized carbons (Fsp3) is 0.333. The monoisotopic (exact) mass is 748 g/mol. The van der Waals surface area contributed by atoms with Gasteiger partial charge in [-0.1, -0.05) is 165 Å². The number of rotatable bonds is 0. The van der Waals surface area contributed by atoms with Crippen molar-refractivity contribution >= 4 is 56.5 Å². The SMILES string of the molecule is CC.CC.CC.CC.CC.CC.CC.Cc1cccc2c3n4c(c12)N=C1c2ccccc2C2=[N+]1C41n4c(c5ccccc5c4=N2)=NC2=[N+]1C(=N3)c1ccccc12. The Hall–Kier alpha value is -5.76. The van der Waals surface area contributed by atoms with Crippen molar-refractivity contribution in [3.63, 3.8) is 0 Å². The van der Waals surface area contributed by atoms with Crippen LogP contribution in [0.1, 0.15) is 125 Å². The Morgan fingerprint density at radius 3 is 1.27 bits per heavy atom. The Kier molecular flexibility index (Phi) is 12.5. The summed E-state index contributed by atoms with van der Waals surface area (Å²) in [4.78, 5) is 21.8. The molecule has 0 aliphatic carbocycles. The molecule has 8 heteroatoms. The topological polar surface area (TPSA) is 65.3 Å². The number of hydrogen-bond acceptors (Lipinski definition) is 4. The highest BCUT2D eigenvalue weighted by Gasteiger charge is 2.69. The van der Waals surface area contributed by atoms with Gasteiger partial charge in [-0.05, 0) is 55.0 Å². The lowest BCUT2D eigenvalue weighted by Crippen LogP contribution is -2.71. The third-order valence-electron chi connectivity index (χ3n) is 9.71. The van der Waals surface area contributed by atoms with Gasteiger partial charge in [0.25, 0.3) is 23.3 Å². The van der Waals surface area contributed by atoms with Gasteiger partial charge in [0.1, 0.15) is 0 Å². The highest BCUT2D eigenvalue weighted by molar-refractivity contribution is 6.20. The van der Waals surface area contributed by atoms with Crippen LogP contribution in [0.5, 0.6) is 0 Å². The van der Waals surface area contributed by atoms with Crippen molar-refractivity contribution in [3.05, 3.63) is 130 Å². The number of aliphatic imine (C=N–C) groups is 2. The molecule has 8 nitrogen and oxygen atoms in total. The summed E-state index contributed by atoms with van der Waals surface area (Å²) in [7, 11) is 0. The Labute approximate surface area is 333 Å². The van der Waals surface area contributed by atoms with Crippen molar-refractivity contribution in [2.24, 2.45) is 20.0 Å². The zero-order valence-electron chi connectivity index (χ0n) is 36.2. The van der Waals surface area contributed by atoms with Crippen LogP contribution in [0.2, 0.25) is 0 Å². The molecule has 0 saturated heterocycles. The molecular formula is C48H60N8+2. The first-order valence-corrected chi connectivity index (χ1v) is 21.2. The molecular weight excluding hydrogens is 689 g/mol. The lowest BCUT2D eigenvalue weighted by atomic mass is 10.1. The minimum Gasteiger partial charge on any atom is -0.192 e. The fourth-order valence-corrected chi connectivity index (χ4v) is 8.14. The van der Waals surface area contributed by atoms with Crippen LogP contribution in [0.4, 0.5) is 11.6 Å². The molecule has 6 aliphatic rings. The molecule has 12 rings (SSSR count). The largest absolute Gasteiger partial charge is 0.404 e. The van der Waals surface area contributed by atoms with E-state index < -0.39 is 5.91 Å². The van der Waals surface area contributed by atoms with Crippen molar-refractivity contribution in [1.29, 1.82) is 0 Å². The summed E-state index contributed by atoms with van der Waals surface area (Å²) < 4.78 is 9.37. The zero-order chi connectivity index (χ0) is 41.1. The second kappa shape index (κ2) is 16.9. The van der Waals surface area contributed by atoms with Crippen LogP contribution in [-0.4, -0.2) is 41.6 Å². The molecule has 1 atom stereocenters. The highest BCUT2D eigenvalue weighted by Crippen LogP contribution is 2.53. The van der Waals surface area contributed by atoms with Gasteiger partial charge in [-0.25, -0.2) is 0 Å². The Bertz CT molecular complexity index is 2650. The van der Waals surface area contributed by atoms with Gasteiger partial charge in [-0.15, -0.1) is 9.15 Å². The molecule has 56 heavy (non-hydrogen) atoms. The summed E-state index contributed by atoms with van der Waals surface area (Å²) in [6, 6.07) is 32.0. The Morgan fingerprint density at radius 1 is 0.411 bits per heavy atom. The van der Waals surface area contributed by atoms with Gasteiger partial charge in [-0.3, -0.25) is 0 Å². The van der Waals surface area contributed by atoms with Gasteiger partial charge in [0.15, 0.2) is 0 Å². The van der Waals surface area contributed by atoms with Crippen molar-refractivity contribution < 1.29 is 9.15 Å². The molecule has 0 fully saturated rings. The molecule has 1 unspecified atom stereocenters. The van der Waals surface area contributed by atoms with Gasteiger partial charge in [-0.2, -0.15) is 9.13 Å². The molecule has 0 bridgehead atoms. The van der Waals surface area contributed by atoms with Gasteiger partial charge >= 0.3 is 5.91 Å². The van der Waals surface area contributed by atoms with Crippen LogP contribution in [-0.2, 0) is 5.91 Å². The van der Waals surface area contributed by atoms with Gasteiger partial charge in [0, 0.05) is 16.2 Å². The van der Waals surface area contributed by atoms with E-state index in [-0.39, 0.29) is 0 Å². The number of benzene rings is 4. The summed E-state index contributed by atoms with van der Waals surface area (Å²) in [5.74, 6) is 4.49. The third kappa shape index (κ3) is 5.10. The van der Waals surface area contributed by atoms with Crippen LogP contribution < -0.4 is 11.0 Å². The number of hydrogen-bond donors (Lipinski definition) is 0. The average Bonchev–Trinajstić information content (AvgIpc) is 4.02. The van der Waals surface area contributed by atoms with Crippen LogP contribution in [0.25, 0.3) is 21.5 Å². The molecule has 6 aliphatic heterocycles. The second-order valence-electron chi connectivity index (χ2n) is 11.6. The first kappa shape index (κ1) is 41.4. The smallest absolute Gasteiger partial charge is 0.192 e. The highest BCUT2D eigenvalue weighted by atomic mass is 15.7. The summed E-state index contributed by atoms with van der Waals surface area (Å²) in [6.45, 7) is 30.2. The minimum absolute atomic E-state index is 0.899. The summed E-state index contributed by atoms with van der Waals surface area (Å²) in [6.07, 6.45) is 0. The van der Waals surface area contributed by atoms with Crippen molar-refractivity contribution in [3.8, 4) is 0 Å². The van der Waals surface area contributed by atoms with E-state index in [1.165, 1.54) is 5.56 Å². The Morgan fingerprint density at radius 2 is 0.804 bits per heavy atom. The predicted octanol–water partition coefficient (Wildman–Crippen LogP) is 11.2. The van der Waals surface area contributed by atoms with E-state index in [0.717, 1.165) is 89.8 Å². The van der Waals surface area contributed by atoms with E-state index in [9.17, 15) is 0 Å². The molecule has 1 spiro atoms. The van der Waals surface area contributed by atoms with Crippen molar-refractivity contribution in [2.45, 2.75) is 110 Å². The van der Waals surface area contributed by atoms with E-state index >= 15 is 0 Å². The van der Waals surface area contributed by atoms with E-state index in [1.54, 1.807) is 0 Å². The number of amidine groups is 4. The first-order chi connectivity index (χ1) is 27.8. The number of fused-ring (bicyclic) bond motifs is 12. The molecule has 290 valence electrons. The number of aryl methyl sites for hydroxylation is 1. The average molecular weight is 749 g/mol. The lowest BCUT2D eigenvalue weighted by Gasteiger charge is -2.40. The summed E-state index contributed by atoms with van der Waals surface area (Å²) >= 11 is 0.